The van der Waals surface area contributed by atoms with Crippen LogP contribution in [0.5, 0.6) is 5.75 Å². The number of ether oxygens (including phenoxy) is 1. The largest absolute Gasteiger partial charge is 0.453 e. The van der Waals surface area contributed by atoms with E-state index in [0.29, 0.717) is 41.0 Å². The van der Waals surface area contributed by atoms with E-state index in [4.69, 9.17) is 9.15 Å². The molecule has 5 rings (SSSR count). The van der Waals surface area contributed by atoms with Crippen molar-refractivity contribution in [2.45, 2.75) is 26.2 Å². The van der Waals surface area contributed by atoms with Crippen molar-refractivity contribution >= 4 is 17.6 Å². The molecule has 6 nitrogen and oxygen atoms in total. The normalized spacial score (nSPS) is 13.8. The quantitative estimate of drug-likeness (QED) is 0.212. The van der Waals surface area contributed by atoms with Gasteiger partial charge in [-0.05, 0) is 67.3 Å². The summed E-state index contributed by atoms with van der Waals surface area (Å²) in [7, 11) is 0. The Labute approximate surface area is 207 Å². The first-order chi connectivity index (χ1) is 17.5. The van der Waals surface area contributed by atoms with Gasteiger partial charge in [-0.3, -0.25) is 4.79 Å². The third-order valence-corrected chi connectivity index (χ3v) is 6.08. The zero-order valence-electron chi connectivity index (χ0n) is 19.6. The van der Waals surface area contributed by atoms with Gasteiger partial charge in [-0.2, -0.15) is 5.10 Å². The molecule has 0 saturated heterocycles. The number of esters is 1. The van der Waals surface area contributed by atoms with Crippen molar-refractivity contribution in [3.8, 4) is 16.9 Å². The van der Waals surface area contributed by atoms with Crippen LogP contribution in [0.15, 0.2) is 88.4 Å². The van der Waals surface area contributed by atoms with Gasteiger partial charge in [0.15, 0.2) is 0 Å². The maximum atomic E-state index is 13.1. The van der Waals surface area contributed by atoms with Crippen LogP contribution in [0.3, 0.4) is 0 Å². The average molecular weight is 483 g/mol. The van der Waals surface area contributed by atoms with E-state index in [2.05, 4.69) is 10.5 Å². The van der Waals surface area contributed by atoms with Gasteiger partial charge in [0.1, 0.15) is 17.3 Å². The number of halogens is 1. The average Bonchev–Trinajstić information content (AvgIpc) is 3.26. The number of fused-ring (bicyclic) bond motifs is 1. The van der Waals surface area contributed by atoms with E-state index in [1.807, 2.05) is 42.5 Å². The Kier molecular flexibility index (Phi) is 6.45. The van der Waals surface area contributed by atoms with Crippen molar-refractivity contribution in [3.63, 3.8) is 0 Å². The number of furan rings is 1. The maximum Gasteiger partial charge on any atom is 0.379 e. The first-order valence-electron chi connectivity index (χ1n) is 11.6. The highest BCUT2D eigenvalue weighted by Gasteiger charge is 2.29. The molecule has 7 heteroatoms. The number of rotatable bonds is 5. The van der Waals surface area contributed by atoms with Gasteiger partial charge < -0.3 is 9.15 Å². The van der Waals surface area contributed by atoms with Crippen LogP contribution in [0, 0.1) is 12.7 Å². The monoisotopic (exact) mass is 482 g/mol. The van der Waals surface area contributed by atoms with Crippen molar-refractivity contribution in [1.82, 2.24) is 5.43 Å². The minimum absolute atomic E-state index is 0.0711. The number of nitrogens with one attached hydrogen (secondary N) is 1. The van der Waals surface area contributed by atoms with E-state index in [1.54, 1.807) is 19.1 Å². The SMILES string of the molecule is Cc1c(C(=O)Oc2ccc(F)cc2)oc2c1/C(=N/NC(=O)c1ccc(-c3ccccc3)cc1)CCC2. The van der Waals surface area contributed by atoms with Crippen LogP contribution in [0.1, 0.15) is 50.6 Å². The first kappa shape index (κ1) is 23.2. The van der Waals surface area contributed by atoms with Gasteiger partial charge in [-0.25, -0.2) is 14.6 Å². The molecule has 1 aliphatic rings. The summed E-state index contributed by atoms with van der Waals surface area (Å²) in [6.45, 7) is 1.76. The molecule has 180 valence electrons. The summed E-state index contributed by atoms with van der Waals surface area (Å²) >= 11 is 0. The van der Waals surface area contributed by atoms with Crippen LogP contribution in [0.2, 0.25) is 0 Å². The van der Waals surface area contributed by atoms with E-state index < -0.39 is 11.8 Å². The highest BCUT2D eigenvalue weighted by molar-refractivity contribution is 6.06. The number of carbonyl (C=O) groups is 2. The number of amides is 1. The zero-order chi connectivity index (χ0) is 25.1. The lowest BCUT2D eigenvalue weighted by Gasteiger charge is -2.13. The molecule has 3 aromatic carbocycles. The van der Waals surface area contributed by atoms with Crippen molar-refractivity contribution < 1.29 is 23.1 Å². The van der Waals surface area contributed by atoms with Crippen molar-refractivity contribution in [3.05, 3.63) is 113 Å². The molecule has 36 heavy (non-hydrogen) atoms. The Morgan fingerprint density at radius 2 is 1.61 bits per heavy atom. The van der Waals surface area contributed by atoms with Gasteiger partial charge in [-0.15, -0.1) is 0 Å². The molecule has 4 aromatic rings. The maximum absolute atomic E-state index is 13.1. The molecule has 0 fully saturated rings. The fourth-order valence-corrected chi connectivity index (χ4v) is 4.26. The fourth-order valence-electron chi connectivity index (χ4n) is 4.26. The lowest BCUT2D eigenvalue weighted by molar-refractivity contribution is 0.0698. The molecule has 1 N–H and O–H groups in total. The summed E-state index contributed by atoms with van der Waals surface area (Å²) in [5, 5.41) is 4.37. The second-order valence-electron chi connectivity index (χ2n) is 8.49. The van der Waals surface area contributed by atoms with Gasteiger partial charge in [-0.1, -0.05) is 42.5 Å². The van der Waals surface area contributed by atoms with Crippen LogP contribution in [-0.4, -0.2) is 17.6 Å². The van der Waals surface area contributed by atoms with Gasteiger partial charge >= 0.3 is 5.97 Å². The highest BCUT2D eigenvalue weighted by Crippen LogP contribution is 2.30. The molecular weight excluding hydrogens is 459 g/mol. The Morgan fingerprint density at radius 1 is 0.917 bits per heavy atom. The minimum Gasteiger partial charge on any atom is -0.453 e. The number of hydrogen-bond acceptors (Lipinski definition) is 5. The lowest BCUT2D eigenvalue weighted by atomic mass is 9.93. The molecule has 1 amide bonds. The summed E-state index contributed by atoms with van der Waals surface area (Å²) in [5.74, 6) is -0.502. The summed E-state index contributed by atoms with van der Waals surface area (Å²) in [4.78, 5) is 25.4. The van der Waals surface area contributed by atoms with E-state index in [-0.39, 0.29) is 17.4 Å². The molecule has 0 spiro atoms. The molecule has 1 aromatic heterocycles. The molecule has 0 radical (unpaired) electrons. The molecule has 0 unspecified atom stereocenters. The Hall–Kier alpha value is -4.52. The summed E-state index contributed by atoms with van der Waals surface area (Å²) in [6.07, 6.45) is 2.05. The number of carbonyl (C=O) groups excluding carboxylic acids is 2. The second-order valence-corrected chi connectivity index (χ2v) is 8.49. The zero-order valence-corrected chi connectivity index (χ0v) is 19.6. The van der Waals surface area contributed by atoms with E-state index in [0.717, 1.165) is 17.5 Å². The Balaban J connectivity index is 1.32. The van der Waals surface area contributed by atoms with E-state index in [1.165, 1.54) is 24.3 Å². The first-order valence-corrected chi connectivity index (χ1v) is 11.6. The number of benzene rings is 3. The molecule has 1 heterocycles. The number of hydrogen-bond donors (Lipinski definition) is 1. The third-order valence-electron chi connectivity index (χ3n) is 6.08. The predicted octanol–water partition coefficient (Wildman–Crippen LogP) is 6.08. The topological polar surface area (TPSA) is 80.9 Å². The summed E-state index contributed by atoms with van der Waals surface area (Å²) in [5.41, 5.74) is 7.17. The van der Waals surface area contributed by atoms with Gasteiger partial charge in [0.05, 0.1) is 5.71 Å². The third kappa shape index (κ3) is 4.81. The van der Waals surface area contributed by atoms with Crippen LogP contribution >= 0.6 is 0 Å². The Morgan fingerprint density at radius 3 is 2.33 bits per heavy atom. The number of hydrazone groups is 1. The van der Waals surface area contributed by atoms with Crippen LogP contribution in [0.4, 0.5) is 4.39 Å². The van der Waals surface area contributed by atoms with E-state index in [9.17, 15) is 14.0 Å². The smallest absolute Gasteiger partial charge is 0.379 e. The molecule has 0 aliphatic heterocycles. The van der Waals surface area contributed by atoms with Gasteiger partial charge in [0, 0.05) is 23.1 Å². The number of nitrogens with zero attached hydrogens (tertiary/aromatic N) is 1. The van der Waals surface area contributed by atoms with Crippen LogP contribution in [-0.2, 0) is 6.42 Å². The minimum atomic E-state index is -0.671. The van der Waals surface area contributed by atoms with Crippen molar-refractivity contribution in [1.29, 1.82) is 0 Å². The second kappa shape index (κ2) is 10.00. The standard InChI is InChI=1S/C29H23FN2O4/c1-18-26-24(31-32-28(33)21-12-10-20(11-13-21)19-6-3-2-4-7-19)8-5-9-25(26)36-27(18)29(34)35-23-16-14-22(30)15-17-23/h2-4,6-7,10-17H,5,8-9H2,1H3,(H,32,33)/b31-24+. The van der Waals surface area contributed by atoms with Crippen LogP contribution in [0.25, 0.3) is 11.1 Å². The number of aryl methyl sites for hydroxylation is 1. The predicted molar refractivity (Wildman–Crippen MR) is 134 cm³/mol. The highest BCUT2D eigenvalue weighted by atomic mass is 19.1. The Bertz CT molecular complexity index is 1440. The molecule has 0 bridgehead atoms. The van der Waals surface area contributed by atoms with Crippen molar-refractivity contribution in [2.75, 3.05) is 0 Å². The van der Waals surface area contributed by atoms with Crippen molar-refractivity contribution in [2.24, 2.45) is 5.10 Å². The molecule has 0 saturated carbocycles. The lowest BCUT2D eigenvalue weighted by Crippen LogP contribution is -2.22. The molecule has 1 aliphatic carbocycles. The fraction of sp³-hybridized carbons (Fsp3) is 0.138. The van der Waals surface area contributed by atoms with Crippen LogP contribution < -0.4 is 10.2 Å². The van der Waals surface area contributed by atoms with E-state index >= 15 is 0 Å². The summed E-state index contributed by atoms with van der Waals surface area (Å²) in [6, 6.07) is 22.4. The molecule has 0 atom stereocenters. The molecular formula is C29H23FN2O4. The van der Waals surface area contributed by atoms with Gasteiger partial charge in [0.25, 0.3) is 5.91 Å². The summed E-state index contributed by atoms with van der Waals surface area (Å²) < 4.78 is 24.3. The van der Waals surface area contributed by atoms with Gasteiger partial charge in [0.2, 0.25) is 5.76 Å².